The molecule has 3 heterocycles. The number of anilines is 1. The molecule has 3 aliphatic rings. The molecule has 0 N–H and O–H groups in total. The predicted octanol–water partition coefficient (Wildman–Crippen LogP) is 3.89. The standard InChI is InChI=1S/C24H27FN4O2S/c1-18-7-10-24(19-5-3-2-4-6-19)32(30,31)29(18)15-20-8-9-21(13-23(20)25)27-11-12-28-17-26-14-22(28)16-27/h2-6,8-9,13-14,16,18,24H,7,10-12,15,17H2,1H3/t18-,24?/m0/s1. The van der Waals surface area contributed by atoms with Gasteiger partial charge >= 0.3 is 0 Å². The molecule has 32 heavy (non-hydrogen) atoms. The van der Waals surface area contributed by atoms with Crippen molar-refractivity contribution in [1.82, 2.24) is 9.21 Å². The first-order valence-corrected chi connectivity index (χ1v) is 12.5. The zero-order valence-electron chi connectivity index (χ0n) is 18.1. The molecule has 0 saturated carbocycles. The van der Waals surface area contributed by atoms with Gasteiger partial charge in [0.25, 0.3) is 0 Å². The van der Waals surface area contributed by atoms with Gasteiger partial charge in [-0.15, -0.1) is 0 Å². The Hall–Kier alpha value is -2.71. The van der Waals surface area contributed by atoms with Crippen LogP contribution in [0.3, 0.4) is 0 Å². The van der Waals surface area contributed by atoms with E-state index in [-0.39, 0.29) is 18.4 Å². The summed E-state index contributed by atoms with van der Waals surface area (Å²) in [7, 11) is -3.60. The normalized spacial score (nSPS) is 25.0. The fourth-order valence-corrected chi connectivity index (χ4v) is 6.92. The molecule has 2 aromatic rings. The number of allylic oxidation sites excluding steroid dienone is 1. The molecule has 0 aromatic heterocycles. The van der Waals surface area contributed by atoms with Crippen LogP contribution < -0.4 is 4.90 Å². The maximum absolute atomic E-state index is 15.1. The van der Waals surface area contributed by atoms with Crippen molar-refractivity contribution in [3.8, 4) is 0 Å². The molecule has 0 aliphatic carbocycles. The van der Waals surface area contributed by atoms with Crippen molar-refractivity contribution < 1.29 is 12.8 Å². The summed E-state index contributed by atoms with van der Waals surface area (Å²) < 4.78 is 43.5. The van der Waals surface area contributed by atoms with Crippen molar-refractivity contribution >= 4 is 21.9 Å². The van der Waals surface area contributed by atoms with Crippen LogP contribution in [0.15, 0.2) is 65.4 Å². The summed E-state index contributed by atoms with van der Waals surface area (Å²) in [5, 5.41) is -0.585. The third-order valence-corrected chi connectivity index (χ3v) is 9.00. The summed E-state index contributed by atoms with van der Waals surface area (Å²) in [6, 6.07) is 14.2. The van der Waals surface area contributed by atoms with Gasteiger partial charge in [-0.3, -0.25) is 4.99 Å². The highest BCUT2D eigenvalue weighted by molar-refractivity contribution is 7.89. The van der Waals surface area contributed by atoms with Crippen LogP contribution in [0, 0.1) is 5.82 Å². The van der Waals surface area contributed by atoms with Gasteiger partial charge in [-0.05, 0) is 37.5 Å². The molecular weight excluding hydrogens is 427 g/mol. The summed E-state index contributed by atoms with van der Waals surface area (Å²) in [6.07, 6.45) is 5.14. The highest BCUT2D eigenvalue weighted by Gasteiger charge is 2.40. The molecule has 1 unspecified atom stereocenters. The Labute approximate surface area is 188 Å². The highest BCUT2D eigenvalue weighted by atomic mass is 32.2. The van der Waals surface area contributed by atoms with E-state index in [1.807, 2.05) is 60.6 Å². The Bertz CT molecular complexity index is 1170. The molecular formula is C24H27FN4O2S. The van der Waals surface area contributed by atoms with Gasteiger partial charge in [0.15, 0.2) is 0 Å². The van der Waals surface area contributed by atoms with Gasteiger partial charge in [0.2, 0.25) is 10.0 Å². The van der Waals surface area contributed by atoms with E-state index >= 15 is 4.39 Å². The van der Waals surface area contributed by atoms with Gasteiger partial charge in [-0.1, -0.05) is 36.4 Å². The van der Waals surface area contributed by atoms with Crippen molar-refractivity contribution in [3.05, 3.63) is 77.4 Å². The predicted molar refractivity (Wildman–Crippen MR) is 124 cm³/mol. The fourth-order valence-electron chi connectivity index (χ4n) is 4.73. The lowest BCUT2D eigenvalue weighted by Gasteiger charge is -2.37. The Morgan fingerprint density at radius 1 is 1.09 bits per heavy atom. The van der Waals surface area contributed by atoms with E-state index in [0.29, 0.717) is 18.7 Å². The van der Waals surface area contributed by atoms with E-state index in [2.05, 4.69) is 9.89 Å². The van der Waals surface area contributed by atoms with Crippen LogP contribution in [0.5, 0.6) is 0 Å². The van der Waals surface area contributed by atoms with E-state index in [1.54, 1.807) is 6.07 Å². The number of hydrogen-bond donors (Lipinski definition) is 0. The van der Waals surface area contributed by atoms with Gasteiger partial charge in [-0.25, -0.2) is 12.8 Å². The van der Waals surface area contributed by atoms with Crippen LogP contribution in [0.1, 0.15) is 36.1 Å². The number of rotatable bonds is 4. The van der Waals surface area contributed by atoms with Crippen LogP contribution in [-0.4, -0.2) is 49.6 Å². The zero-order chi connectivity index (χ0) is 22.3. The molecule has 3 aliphatic heterocycles. The molecule has 6 nitrogen and oxygen atoms in total. The monoisotopic (exact) mass is 454 g/mol. The second-order valence-corrected chi connectivity index (χ2v) is 10.7. The second-order valence-electron chi connectivity index (χ2n) is 8.66. The maximum Gasteiger partial charge on any atom is 0.221 e. The third kappa shape index (κ3) is 3.82. The number of halogens is 1. The van der Waals surface area contributed by atoms with Crippen molar-refractivity contribution in [2.24, 2.45) is 4.99 Å². The first kappa shape index (κ1) is 21.2. The van der Waals surface area contributed by atoms with Gasteiger partial charge in [0, 0.05) is 49.3 Å². The maximum atomic E-state index is 15.1. The summed E-state index contributed by atoms with van der Waals surface area (Å²) in [5.74, 6) is -0.382. The summed E-state index contributed by atoms with van der Waals surface area (Å²) in [6.45, 7) is 4.21. The van der Waals surface area contributed by atoms with Gasteiger partial charge in [0.1, 0.15) is 17.7 Å². The third-order valence-electron chi connectivity index (χ3n) is 6.63. The minimum Gasteiger partial charge on any atom is -0.348 e. The molecule has 0 bridgehead atoms. The molecule has 8 heteroatoms. The number of hydrogen-bond acceptors (Lipinski definition) is 5. The SMILES string of the molecule is C[C@H]1CCC(c2ccccc2)S(=O)(=O)N1Cc1ccc(N2C=C3C=NCN3CC2)cc1F. The Morgan fingerprint density at radius 3 is 2.69 bits per heavy atom. The van der Waals surface area contributed by atoms with Crippen molar-refractivity contribution in [2.45, 2.75) is 37.6 Å². The number of nitrogens with zero attached hydrogens (tertiary/aromatic N) is 4. The van der Waals surface area contributed by atoms with Crippen LogP contribution in [0.2, 0.25) is 0 Å². The first-order valence-electron chi connectivity index (χ1n) is 11.0. The van der Waals surface area contributed by atoms with Crippen molar-refractivity contribution in [2.75, 3.05) is 24.7 Å². The van der Waals surface area contributed by atoms with Crippen LogP contribution in [-0.2, 0) is 16.6 Å². The lowest BCUT2D eigenvalue weighted by Crippen LogP contribution is -2.44. The number of benzene rings is 2. The lowest BCUT2D eigenvalue weighted by atomic mass is 10.0. The number of sulfonamides is 1. The molecule has 2 aromatic carbocycles. The highest BCUT2D eigenvalue weighted by Crippen LogP contribution is 2.38. The molecule has 1 saturated heterocycles. The molecule has 1 fully saturated rings. The Kier molecular flexibility index (Phi) is 5.51. The largest absolute Gasteiger partial charge is 0.348 e. The minimum absolute atomic E-state index is 0.0421. The fraction of sp³-hybridized carbons (Fsp3) is 0.375. The van der Waals surface area contributed by atoms with Crippen LogP contribution >= 0.6 is 0 Å². The van der Waals surface area contributed by atoms with E-state index in [4.69, 9.17) is 0 Å². The Balaban J connectivity index is 1.38. The van der Waals surface area contributed by atoms with E-state index in [9.17, 15) is 8.42 Å². The molecule has 0 spiro atoms. The lowest BCUT2D eigenvalue weighted by molar-refractivity contribution is 0.279. The van der Waals surface area contributed by atoms with Gasteiger partial charge in [0.05, 0.1) is 5.70 Å². The summed E-state index contributed by atoms with van der Waals surface area (Å²) in [5.41, 5.74) is 2.98. The van der Waals surface area contributed by atoms with Gasteiger partial charge < -0.3 is 9.80 Å². The minimum atomic E-state index is -3.60. The molecule has 2 atom stereocenters. The van der Waals surface area contributed by atoms with E-state index in [1.165, 1.54) is 10.4 Å². The molecule has 0 amide bonds. The van der Waals surface area contributed by atoms with Crippen LogP contribution in [0.4, 0.5) is 10.1 Å². The molecule has 5 rings (SSSR count). The summed E-state index contributed by atoms with van der Waals surface area (Å²) in [4.78, 5) is 8.46. The Morgan fingerprint density at radius 2 is 1.91 bits per heavy atom. The quantitative estimate of drug-likeness (QED) is 0.704. The average Bonchev–Trinajstić information content (AvgIpc) is 3.26. The van der Waals surface area contributed by atoms with Crippen molar-refractivity contribution in [3.63, 3.8) is 0 Å². The van der Waals surface area contributed by atoms with Crippen molar-refractivity contribution in [1.29, 1.82) is 0 Å². The van der Waals surface area contributed by atoms with E-state index in [0.717, 1.165) is 36.5 Å². The molecule has 0 radical (unpaired) electrons. The van der Waals surface area contributed by atoms with Gasteiger partial charge in [-0.2, -0.15) is 4.31 Å². The number of aliphatic imine (C=N–C) groups is 1. The van der Waals surface area contributed by atoms with Crippen LogP contribution in [0.25, 0.3) is 0 Å². The zero-order valence-corrected chi connectivity index (χ0v) is 18.9. The second kappa shape index (κ2) is 8.33. The number of fused-ring (bicyclic) bond motifs is 1. The topological polar surface area (TPSA) is 56.2 Å². The average molecular weight is 455 g/mol. The molecule has 168 valence electrons. The summed E-state index contributed by atoms with van der Waals surface area (Å²) >= 11 is 0. The smallest absolute Gasteiger partial charge is 0.221 e. The van der Waals surface area contributed by atoms with E-state index < -0.39 is 15.3 Å². The first-order chi connectivity index (χ1) is 15.4.